The number of esters is 1. The summed E-state index contributed by atoms with van der Waals surface area (Å²) in [4.78, 5) is 24.9. The molecule has 0 saturated carbocycles. The molecule has 1 fully saturated rings. The minimum absolute atomic E-state index is 0.0412. The molecule has 1 saturated heterocycles. The highest BCUT2D eigenvalue weighted by molar-refractivity contribution is 7.89. The van der Waals surface area contributed by atoms with Crippen LogP contribution in [0.5, 0.6) is 0 Å². The SMILES string of the molecule is CCOC(=O)c1cccc(NC(=O)C2CCN(S(=O)(=O)c3c(C)noc3/C=C/c3ccc(C)cc3)CC2)c1. The van der Waals surface area contributed by atoms with E-state index in [2.05, 4.69) is 10.5 Å². The molecule has 1 aliphatic heterocycles. The smallest absolute Gasteiger partial charge is 0.338 e. The molecule has 200 valence electrons. The van der Waals surface area contributed by atoms with E-state index < -0.39 is 16.0 Å². The molecule has 1 aromatic heterocycles. The molecular formula is C28H31N3O6S. The van der Waals surface area contributed by atoms with E-state index in [1.165, 1.54) is 4.31 Å². The highest BCUT2D eigenvalue weighted by atomic mass is 32.2. The Morgan fingerprint density at radius 2 is 1.82 bits per heavy atom. The number of hydrogen-bond donors (Lipinski definition) is 1. The lowest BCUT2D eigenvalue weighted by Crippen LogP contribution is -2.41. The van der Waals surface area contributed by atoms with Crippen molar-refractivity contribution in [2.24, 2.45) is 5.92 Å². The maximum atomic E-state index is 13.5. The van der Waals surface area contributed by atoms with E-state index in [0.29, 0.717) is 24.1 Å². The van der Waals surface area contributed by atoms with Crippen LogP contribution in [0.1, 0.15) is 52.7 Å². The number of hydrogen-bond acceptors (Lipinski definition) is 7. The predicted octanol–water partition coefficient (Wildman–Crippen LogP) is 4.68. The van der Waals surface area contributed by atoms with Gasteiger partial charge < -0.3 is 14.6 Å². The van der Waals surface area contributed by atoms with Gasteiger partial charge in [-0.3, -0.25) is 4.79 Å². The summed E-state index contributed by atoms with van der Waals surface area (Å²) in [7, 11) is -3.88. The number of sulfonamides is 1. The summed E-state index contributed by atoms with van der Waals surface area (Å²) in [5.74, 6) is -0.869. The number of nitrogens with one attached hydrogen (secondary N) is 1. The second kappa shape index (κ2) is 11.7. The zero-order valence-electron chi connectivity index (χ0n) is 21.6. The first-order chi connectivity index (χ1) is 18.2. The summed E-state index contributed by atoms with van der Waals surface area (Å²) in [6.07, 6.45) is 4.12. The van der Waals surface area contributed by atoms with Gasteiger partial charge in [-0.1, -0.05) is 47.1 Å². The molecule has 0 aliphatic carbocycles. The van der Waals surface area contributed by atoms with E-state index in [1.54, 1.807) is 50.3 Å². The molecular weight excluding hydrogens is 506 g/mol. The normalized spacial score (nSPS) is 15.0. The van der Waals surface area contributed by atoms with Crippen molar-refractivity contribution in [3.8, 4) is 0 Å². The first-order valence-electron chi connectivity index (χ1n) is 12.5. The number of piperidine rings is 1. The van der Waals surface area contributed by atoms with Crippen LogP contribution in [0, 0.1) is 19.8 Å². The van der Waals surface area contributed by atoms with Crippen molar-refractivity contribution in [1.29, 1.82) is 0 Å². The van der Waals surface area contributed by atoms with Gasteiger partial charge in [-0.05, 0) is 63.5 Å². The van der Waals surface area contributed by atoms with Crippen molar-refractivity contribution in [1.82, 2.24) is 9.46 Å². The zero-order chi connectivity index (χ0) is 27.3. The van der Waals surface area contributed by atoms with Crippen LogP contribution >= 0.6 is 0 Å². The molecule has 9 nitrogen and oxygen atoms in total. The lowest BCUT2D eigenvalue weighted by atomic mass is 9.97. The van der Waals surface area contributed by atoms with Crippen molar-refractivity contribution >= 4 is 39.7 Å². The number of benzene rings is 2. The van der Waals surface area contributed by atoms with E-state index in [9.17, 15) is 18.0 Å². The highest BCUT2D eigenvalue weighted by Crippen LogP contribution is 2.30. The Bertz CT molecular complexity index is 1440. The maximum Gasteiger partial charge on any atom is 0.338 e. The molecule has 10 heteroatoms. The number of carbonyl (C=O) groups excluding carboxylic acids is 2. The fourth-order valence-corrected chi connectivity index (χ4v) is 6.04. The van der Waals surface area contributed by atoms with Crippen LogP contribution in [0.2, 0.25) is 0 Å². The maximum absolute atomic E-state index is 13.5. The number of aromatic nitrogens is 1. The first kappa shape index (κ1) is 27.3. The van der Waals surface area contributed by atoms with Crippen molar-refractivity contribution in [2.75, 3.05) is 25.0 Å². The molecule has 2 heterocycles. The second-order valence-electron chi connectivity index (χ2n) is 9.17. The summed E-state index contributed by atoms with van der Waals surface area (Å²) in [5.41, 5.74) is 3.16. The second-order valence-corrected chi connectivity index (χ2v) is 11.0. The van der Waals surface area contributed by atoms with Gasteiger partial charge in [0.05, 0.1) is 12.2 Å². The van der Waals surface area contributed by atoms with Gasteiger partial charge in [0.1, 0.15) is 5.69 Å². The Hall–Kier alpha value is -3.76. The van der Waals surface area contributed by atoms with Gasteiger partial charge in [0.25, 0.3) is 0 Å². The minimum Gasteiger partial charge on any atom is -0.462 e. The monoisotopic (exact) mass is 537 g/mol. The Morgan fingerprint density at radius 1 is 1.11 bits per heavy atom. The lowest BCUT2D eigenvalue weighted by molar-refractivity contribution is -0.120. The molecule has 4 rings (SSSR count). The molecule has 0 spiro atoms. The molecule has 1 N–H and O–H groups in total. The lowest BCUT2D eigenvalue weighted by Gasteiger charge is -2.30. The third-order valence-corrected chi connectivity index (χ3v) is 8.46. The molecule has 0 unspecified atom stereocenters. The summed E-state index contributed by atoms with van der Waals surface area (Å²) in [6.45, 7) is 5.96. The molecule has 3 aromatic rings. The van der Waals surface area contributed by atoms with E-state index in [0.717, 1.165) is 11.1 Å². The summed E-state index contributed by atoms with van der Waals surface area (Å²) in [5, 5.41) is 6.73. The molecule has 2 aromatic carbocycles. The number of nitrogens with zero attached hydrogens (tertiary/aromatic N) is 2. The number of anilines is 1. The van der Waals surface area contributed by atoms with Crippen LogP contribution in [-0.2, 0) is 19.6 Å². The molecule has 38 heavy (non-hydrogen) atoms. The third-order valence-electron chi connectivity index (χ3n) is 6.40. The van der Waals surface area contributed by atoms with Crippen LogP contribution in [0.3, 0.4) is 0 Å². The quantitative estimate of drug-likeness (QED) is 0.415. The molecule has 1 aliphatic rings. The number of aryl methyl sites for hydroxylation is 2. The largest absolute Gasteiger partial charge is 0.462 e. The number of carbonyl (C=O) groups is 2. The van der Waals surface area contributed by atoms with Crippen molar-refractivity contribution in [2.45, 2.75) is 38.5 Å². The number of rotatable bonds is 8. The zero-order valence-corrected chi connectivity index (χ0v) is 22.5. The number of amides is 1. The van der Waals surface area contributed by atoms with E-state index >= 15 is 0 Å². The Labute approximate surface area is 222 Å². The molecule has 1 amide bonds. The van der Waals surface area contributed by atoms with Gasteiger partial charge in [-0.2, -0.15) is 4.31 Å². The topological polar surface area (TPSA) is 119 Å². The fourth-order valence-electron chi connectivity index (χ4n) is 4.32. The average molecular weight is 538 g/mol. The van der Waals surface area contributed by atoms with Crippen LogP contribution in [0.15, 0.2) is 57.9 Å². The van der Waals surface area contributed by atoms with Gasteiger partial charge in [-0.25, -0.2) is 13.2 Å². The third kappa shape index (κ3) is 6.20. The average Bonchev–Trinajstić information content (AvgIpc) is 3.29. The number of ether oxygens (including phenoxy) is 1. The van der Waals surface area contributed by atoms with E-state index in [1.807, 2.05) is 31.2 Å². The standard InChI is InChI=1S/C28H31N3O6S/c1-4-36-28(33)23-6-5-7-24(18-23)29-27(32)22-14-16-31(17-15-22)38(34,35)26-20(3)30-37-25(26)13-12-21-10-8-19(2)9-11-21/h5-13,18,22H,4,14-17H2,1-3H3,(H,29,32)/b13-12+. The Morgan fingerprint density at radius 3 is 2.50 bits per heavy atom. The van der Waals surface area contributed by atoms with Crippen LogP contribution in [0.4, 0.5) is 5.69 Å². The molecule has 0 bridgehead atoms. The summed E-state index contributed by atoms with van der Waals surface area (Å²) in [6, 6.07) is 14.4. The Kier molecular flexibility index (Phi) is 8.43. The van der Waals surface area contributed by atoms with Gasteiger partial charge >= 0.3 is 5.97 Å². The fraction of sp³-hybridized carbons (Fsp3) is 0.321. The van der Waals surface area contributed by atoms with Gasteiger partial charge in [0, 0.05) is 24.7 Å². The van der Waals surface area contributed by atoms with Gasteiger partial charge in [-0.15, -0.1) is 0 Å². The summed E-state index contributed by atoms with van der Waals surface area (Å²) >= 11 is 0. The summed E-state index contributed by atoms with van der Waals surface area (Å²) < 4.78 is 38.8. The van der Waals surface area contributed by atoms with E-state index in [-0.39, 0.29) is 47.9 Å². The first-order valence-corrected chi connectivity index (χ1v) is 13.9. The van der Waals surface area contributed by atoms with Gasteiger partial charge in [0.15, 0.2) is 10.7 Å². The van der Waals surface area contributed by atoms with E-state index in [4.69, 9.17) is 9.26 Å². The van der Waals surface area contributed by atoms with Crippen molar-refractivity contribution in [3.05, 3.63) is 76.7 Å². The van der Waals surface area contributed by atoms with Crippen molar-refractivity contribution in [3.63, 3.8) is 0 Å². The minimum atomic E-state index is -3.88. The van der Waals surface area contributed by atoms with Gasteiger partial charge in [0.2, 0.25) is 15.9 Å². The highest BCUT2D eigenvalue weighted by Gasteiger charge is 2.36. The molecule has 0 radical (unpaired) electrons. The van der Waals surface area contributed by atoms with Crippen LogP contribution in [0.25, 0.3) is 12.2 Å². The predicted molar refractivity (Wildman–Crippen MR) is 144 cm³/mol. The van der Waals surface area contributed by atoms with Crippen LogP contribution in [-0.4, -0.2) is 49.5 Å². The van der Waals surface area contributed by atoms with Crippen molar-refractivity contribution < 1.29 is 27.3 Å². The molecule has 0 atom stereocenters. The van der Waals surface area contributed by atoms with Crippen LogP contribution < -0.4 is 5.32 Å². The Balaban J connectivity index is 1.41.